The Hall–Kier alpha value is -2.87. The van der Waals surface area contributed by atoms with E-state index in [1.807, 2.05) is 18.2 Å². The molecule has 2 amide bonds. The first-order chi connectivity index (χ1) is 13.4. The van der Waals surface area contributed by atoms with Gasteiger partial charge in [0, 0.05) is 38.2 Å². The van der Waals surface area contributed by atoms with Gasteiger partial charge in [-0.25, -0.2) is 0 Å². The molecule has 1 unspecified atom stereocenters. The summed E-state index contributed by atoms with van der Waals surface area (Å²) in [4.78, 5) is 39.5. The number of carboxylic acids is 1. The van der Waals surface area contributed by atoms with Crippen molar-refractivity contribution in [1.29, 1.82) is 0 Å². The minimum Gasteiger partial charge on any atom is -0.481 e. The lowest BCUT2D eigenvalue weighted by Gasteiger charge is -2.31. The highest BCUT2D eigenvalue weighted by Gasteiger charge is 2.30. The predicted molar refractivity (Wildman–Crippen MR) is 101 cm³/mol. The summed E-state index contributed by atoms with van der Waals surface area (Å²) in [7, 11) is 3.07. The number of likely N-dealkylation sites (tertiary alicyclic amines) is 1. The van der Waals surface area contributed by atoms with Crippen LogP contribution in [0.25, 0.3) is 11.0 Å². The molecule has 2 aromatic rings. The smallest absolute Gasteiger partial charge is 0.308 e. The van der Waals surface area contributed by atoms with Crippen LogP contribution in [0.4, 0.5) is 0 Å². The maximum absolute atomic E-state index is 12.9. The number of aliphatic carboxylic acids is 1. The Balaban J connectivity index is 1.74. The summed E-state index contributed by atoms with van der Waals surface area (Å²) in [5.41, 5.74) is 1.23. The largest absolute Gasteiger partial charge is 0.481 e. The van der Waals surface area contributed by atoms with Crippen LogP contribution in [-0.2, 0) is 20.9 Å². The van der Waals surface area contributed by atoms with Crippen LogP contribution in [0, 0.1) is 5.92 Å². The number of amides is 2. The Labute approximate surface area is 162 Å². The number of fused-ring (bicyclic) bond motifs is 1. The number of nitrogens with zero attached hydrogens (tertiary/aromatic N) is 2. The highest BCUT2D eigenvalue weighted by molar-refractivity contribution is 6.00. The number of benzene rings is 1. The monoisotopic (exact) mass is 388 g/mol. The number of carbonyl (C=O) groups excluding carboxylic acids is 2. The number of hydrogen-bond acceptors (Lipinski definition) is 5. The molecule has 8 heteroatoms. The van der Waals surface area contributed by atoms with Crippen LogP contribution in [0.3, 0.4) is 0 Å². The maximum atomic E-state index is 12.9. The zero-order chi connectivity index (χ0) is 20.3. The molecule has 1 aliphatic rings. The first kappa shape index (κ1) is 19.9. The van der Waals surface area contributed by atoms with Gasteiger partial charge in [0.25, 0.3) is 5.91 Å². The summed E-state index contributed by atoms with van der Waals surface area (Å²) >= 11 is 0. The fraction of sp³-hybridized carbons (Fsp3) is 0.450. The average molecular weight is 388 g/mol. The Morgan fingerprint density at radius 1 is 1.32 bits per heavy atom. The zero-order valence-electron chi connectivity index (χ0n) is 16.0. The number of piperidine rings is 1. The third kappa shape index (κ3) is 4.01. The number of para-hydroxylation sites is 1. The average Bonchev–Trinajstić information content (AvgIpc) is 3.06. The number of rotatable bonds is 6. The number of ether oxygens (including phenoxy) is 1. The normalized spacial score (nSPS) is 16.9. The topological polar surface area (TPSA) is 100 Å². The van der Waals surface area contributed by atoms with E-state index in [9.17, 15) is 19.5 Å². The highest BCUT2D eigenvalue weighted by Crippen LogP contribution is 2.27. The van der Waals surface area contributed by atoms with E-state index in [0.29, 0.717) is 30.5 Å². The molecule has 1 fully saturated rings. The molecule has 0 radical (unpaired) electrons. The van der Waals surface area contributed by atoms with E-state index in [2.05, 4.69) is 0 Å². The fourth-order valence-corrected chi connectivity index (χ4v) is 3.51. The van der Waals surface area contributed by atoms with E-state index in [4.69, 9.17) is 9.15 Å². The van der Waals surface area contributed by atoms with E-state index in [0.717, 1.165) is 5.39 Å². The molecule has 8 nitrogen and oxygen atoms in total. The van der Waals surface area contributed by atoms with Crippen molar-refractivity contribution in [2.75, 3.05) is 33.8 Å². The molecule has 0 spiro atoms. The van der Waals surface area contributed by atoms with Crippen molar-refractivity contribution in [2.45, 2.75) is 19.4 Å². The second kappa shape index (κ2) is 8.43. The second-order valence-electron chi connectivity index (χ2n) is 7.02. The Kier molecular flexibility index (Phi) is 5.99. The van der Waals surface area contributed by atoms with Gasteiger partial charge in [-0.3, -0.25) is 14.4 Å². The van der Waals surface area contributed by atoms with Crippen LogP contribution in [0.2, 0.25) is 0 Å². The molecular formula is C20H24N2O6. The molecule has 1 saturated heterocycles. The van der Waals surface area contributed by atoms with E-state index in [-0.39, 0.29) is 31.4 Å². The van der Waals surface area contributed by atoms with Crippen molar-refractivity contribution in [3.8, 4) is 0 Å². The summed E-state index contributed by atoms with van der Waals surface area (Å²) in [6.07, 6.45) is 1.20. The quantitative estimate of drug-likeness (QED) is 0.812. The van der Waals surface area contributed by atoms with Crippen LogP contribution in [0.15, 0.2) is 28.7 Å². The third-order valence-electron chi connectivity index (χ3n) is 5.02. The lowest BCUT2D eigenvalue weighted by atomic mass is 9.98. The van der Waals surface area contributed by atoms with Gasteiger partial charge in [0.2, 0.25) is 5.91 Å². The van der Waals surface area contributed by atoms with Crippen molar-refractivity contribution >= 4 is 28.8 Å². The molecule has 0 saturated carbocycles. The minimum absolute atomic E-state index is 0.144. The third-order valence-corrected chi connectivity index (χ3v) is 5.02. The second-order valence-corrected chi connectivity index (χ2v) is 7.02. The first-order valence-corrected chi connectivity index (χ1v) is 9.17. The zero-order valence-corrected chi connectivity index (χ0v) is 16.0. The van der Waals surface area contributed by atoms with Crippen molar-refractivity contribution in [2.24, 2.45) is 5.92 Å². The number of likely N-dealkylation sites (N-methyl/N-ethyl adjacent to an activating group) is 1. The molecule has 3 rings (SSSR count). The summed E-state index contributed by atoms with van der Waals surface area (Å²) < 4.78 is 11.0. The molecule has 1 N–H and O–H groups in total. The first-order valence-electron chi connectivity index (χ1n) is 9.17. The van der Waals surface area contributed by atoms with Crippen molar-refractivity contribution in [3.63, 3.8) is 0 Å². The molecule has 1 aliphatic heterocycles. The predicted octanol–water partition coefficient (Wildman–Crippen LogP) is 1.97. The molecule has 0 bridgehead atoms. The molecule has 1 atom stereocenters. The minimum atomic E-state index is -0.895. The van der Waals surface area contributed by atoms with Gasteiger partial charge in [-0.15, -0.1) is 0 Å². The summed E-state index contributed by atoms with van der Waals surface area (Å²) in [5.74, 6) is -1.98. The van der Waals surface area contributed by atoms with Crippen molar-refractivity contribution in [3.05, 3.63) is 35.6 Å². The molecule has 1 aromatic heterocycles. The van der Waals surface area contributed by atoms with Gasteiger partial charge in [0.05, 0.1) is 19.1 Å². The Morgan fingerprint density at radius 2 is 2.07 bits per heavy atom. The molecule has 0 aliphatic carbocycles. The van der Waals surface area contributed by atoms with Crippen LogP contribution in [0.1, 0.15) is 29.0 Å². The standard InChI is InChI=1S/C20H24N2O6/c1-21(11-17(23)22-9-5-6-13(10-22)20(25)26)19(24)18-15(12-27-2)14-7-3-4-8-16(14)28-18/h3-4,7-8,13H,5-6,9-12H2,1-2H3,(H,25,26). The van der Waals surface area contributed by atoms with Gasteiger partial charge in [0.15, 0.2) is 5.76 Å². The summed E-state index contributed by atoms with van der Waals surface area (Å²) in [6, 6.07) is 7.30. The van der Waals surface area contributed by atoms with Crippen LogP contribution >= 0.6 is 0 Å². The number of furan rings is 1. The van der Waals surface area contributed by atoms with Gasteiger partial charge < -0.3 is 24.1 Å². The van der Waals surface area contributed by atoms with Gasteiger partial charge in [0.1, 0.15) is 5.58 Å². The number of carboxylic acid groups (broad SMARTS) is 1. The summed E-state index contributed by atoms with van der Waals surface area (Å²) in [6.45, 7) is 0.751. The van der Waals surface area contributed by atoms with Crippen LogP contribution < -0.4 is 0 Å². The molecule has 1 aromatic carbocycles. The number of methoxy groups -OCH3 is 1. The molecule has 150 valence electrons. The Morgan fingerprint density at radius 3 is 2.79 bits per heavy atom. The lowest BCUT2D eigenvalue weighted by molar-refractivity contribution is -0.145. The lowest BCUT2D eigenvalue weighted by Crippen LogP contribution is -2.47. The Bertz CT molecular complexity index is 890. The molecular weight excluding hydrogens is 364 g/mol. The van der Waals surface area contributed by atoms with Crippen molar-refractivity contribution in [1.82, 2.24) is 9.80 Å². The van der Waals surface area contributed by atoms with E-state index < -0.39 is 17.8 Å². The highest BCUT2D eigenvalue weighted by atomic mass is 16.5. The van der Waals surface area contributed by atoms with Gasteiger partial charge >= 0.3 is 5.97 Å². The fourth-order valence-electron chi connectivity index (χ4n) is 3.51. The van der Waals surface area contributed by atoms with Crippen molar-refractivity contribution < 1.29 is 28.6 Å². The van der Waals surface area contributed by atoms with E-state index in [1.165, 1.54) is 16.8 Å². The van der Waals surface area contributed by atoms with Gasteiger partial charge in [-0.2, -0.15) is 0 Å². The summed E-state index contributed by atoms with van der Waals surface area (Å²) in [5, 5.41) is 9.98. The molecule has 2 heterocycles. The SMILES string of the molecule is COCc1c(C(=O)N(C)CC(=O)N2CCCC(C(=O)O)C2)oc2ccccc12. The van der Waals surface area contributed by atoms with Gasteiger partial charge in [-0.05, 0) is 18.9 Å². The number of carbonyl (C=O) groups is 3. The number of hydrogen-bond donors (Lipinski definition) is 1. The van der Waals surface area contributed by atoms with Crippen LogP contribution in [-0.4, -0.2) is 66.5 Å². The maximum Gasteiger partial charge on any atom is 0.308 e. The van der Waals surface area contributed by atoms with E-state index >= 15 is 0 Å². The van der Waals surface area contributed by atoms with Crippen LogP contribution in [0.5, 0.6) is 0 Å². The van der Waals surface area contributed by atoms with E-state index in [1.54, 1.807) is 13.2 Å². The molecule has 28 heavy (non-hydrogen) atoms. The van der Waals surface area contributed by atoms with Gasteiger partial charge in [-0.1, -0.05) is 18.2 Å².